The number of anilines is 1. The highest BCUT2D eigenvalue weighted by Crippen LogP contribution is 2.36. The van der Waals surface area contributed by atoms with Gasteiger partial charge in [0.2, 0.25) is 5.91 Å². The number of carbonyl (C=O) groups excluding carboxylic acids is 1. The second kappa shape index (κ2) is 8.26. The normalized spacial score (nSPS) is 12.0. The Bertz CT molecular complexity index is 884. The third-order valence-corrected chi connectivity index (χ3v) is 10.2. The number of hydrogen-bond acceptors (Lipinski definition) is 5. The Morgan fingerprint density at radius 3 is 2.04 bits per heavy atom. The molecule has 3 aromatic rings. The molecule has 0 unspecified atom stereocenters. The first kappa shape index (κ1) is 20.3. The van der Waals surface area contributed by atoms with Gasteiger partial charge in [-0.15, -0.1) is 11.3 Å². The second-order valence-electron chi connectivity index (χ2n) is 7.64. The van der Waals surface area contributed by atoms with Crippen LogP contribution in [-0.2, 0) is 15.7 Å². The van der Waals surface area contributed by atoms with Crippen molar-refractivity contribution in [2.45, 2.75) is 32.2 Å². The Hall–Kier alpha value is -2.48. The van der Waals surface area contributed by atoms with Crippen LogP contribution in [0.5, 0.6) is 0 Å². The second-order valence-corrected chi connectivity index (χ2v) is 12.8. The van der Waals surface area contributed by atoms with Crippen LogP contribution in [0.1, 0.15) is 26.5 Å². The standard InChI is InChI=1S/C21H25N3O2SSi/c1-21(2,3)28(17-10-6-4-7-11-17,18-12-8-5-9-13-18)26-24-19(25)14-16-15-27-20(22)23-16/h4-13,15H,14H2,1-3H3,(H2,22,23)(H,24,25). The van der Waals surface area contributed by atoms with E-state index >= 15 is 0 Å². The first-order chi connectivity index (χ1) is 13.3. The summed E-state index contributed by atoms with van der Waals surface area (Å²) in [7, 11) is -2.80. The summed E-state index contributed by atoms with van der Waals surface area (Å²) in [4.78, 5) is 16.7. The molecule has 0 fully saturated rings. The molecule has 28 heavy (non-hydrogen) atoms. The van der Waals surface area contributed by atoms with Gasteiger partial charge in [0.1, 0.15) is 0 Å². The van der Waals surface area contributed by atoms with Gasteiger partial charge in [-0.1, -0.05) is 81.4 Å². The van der Waals surface area contributed by atoms with E-state index < -0.39 is 8.32 Å². The number of hydroxylamine groups is 1. The highest BCUT2D eigenvalue weighted by molar-refractivity contribution is 7.13. The number of amides is 1. The van der Waals surface area contributed by atoms with Crippen LogP contribution in [0.2, 0.25) is 5.04 Å². The van der Waals surface area contributed by atoms with Gasteiger partial charge in [0, 0.05) is 5.38 Å². The van der Waals surface area contributed by atoms with Crippen molar-refractivity contribution in [3.05, 3.63) is 71.7 Å². The van der Waals surface area contributed by atoms with Crippen LogP contribution in [0.25, 0.3) is 0 Å². The molecule has 0 saturated heterocycles. The number of nitrogen functional groups attached to an aromatic ring is 1. The maximum atomic E-state index is 12.6. The summed E-state index contributed by atoms with van der Waals surface area (Å²) >= 11 is 1.32. The summed E-state index contributed by atoms with van der Waals surface area (Å²) in [5.74, 6) is -0.238. The number of nitrogens with zero attached hydrogens (tertiary/aromatic N) is 1. The maximum absolute atomic E-state index is 12.6. The fraction of sp³-hybridized carbons (Fsp3) is 0.238. The summed E-state index contributed by atoms with van der Waals surface area (Å²) in [6.45, 7) is 6.48. The molecule has 0 spiro atoms. The lowest BCUT2D eigenvalue weighted by Crippen LogP contribution is -2.68. The number of nitrogens with one attached hydrogen (secondary N) is 1. The van der Waals surface area contributed by atoms with Crippen LogP contribution in [0.3, 0.4) is 0 Å². The molecule has 7 heteroatoms. The van der Waals surface area contributed by atoms with Crippen LogP contribution >= 0.6 is 11.3 Å². The fourth-order valence-electron chi connectivity index (χ4n) is 3.39. The third kappa shape index (κ3) is 4.16. The van der Waals surface area contributed by atoms with Crippen molar-refractivity contribution in [1.82, 2.24) is 10.5 Å². The van der Waals surface area contributed by atoms with E-state index in [9.17, 15) is 4.79 Å². The highest BCUT2D eigenvalue weighted by atomic mass is 32.1. The molecule has 1 heterocycles. The largest absolute Gasteiger partial charge is 0.375 e. The van der Waals surface area contributed by atoms with E-state index in [-0.39, 0.29) is 17.4 Å². The lowest BCUT2D eigenvalue weighted by atomic mass is 10.2. The first-order valence-corrected chi connectivity index (χ1v) is 11.9. The van der Waals surface area contributed by atoms with E-state index in [1.165, 1.54) is 11.3 Å². The fourth-order valence-corrected chi connectivity index (χ4v) is 8.15. The Morgan fingerprint density at radius 2 is 1.61 bits per heavy atom. The summed E-state index contributed by atoms with van der Waals surface area (Å²) in [5, 5.41) is 4.24. The molecular formula is C21H25N3O2SSi. The molecule has 0 saturated carbocycles. The predicted octanol–water partition coefficient (Wildman–Crippen LogP) is 2.88. The molecule has 1 aromatic heterocycles. The zero-order chi connectivity index (χ0) is 20.2. The van der Waals surface area contributed by atoms with Crippen LogP contribution in [0.15, 0.2) is 66.0 Å². The van der Waals surface area contributed by atoms with Crippen LogP contribution in [-0.4, -0.2) is 19.2 Å². The molecular weight excluding hydrogens is 386 g/mol. The quantitative estimate of drug-likeness (QED) is 0.483. The number of benzene rings is 2. The molecule has 1 amide bonds. The van der Waals surface area contributed by atoms with Gasteiger partial charge in [-0.3, -0.25) is 4.79 Å². The van der Waals surface area contributed by atoms with E-state index in [4.69, 9.17) is 10.3 Å². The van der Waals surface area contributed by atoms with E-state index in [0.29, 0.717) is 10.8 Å². The molecule has 5 nitrogen and oxygen atoms in total. The van der Waals surface area contributed by atoms with Gasteiger partial charge in [0.05, 0.1) is 12.1 Å². The monoisotopic (exact) mass is 411 g/mol. The van der Waals surface area contributed by atoms with Gasteiger partial charge in [-0.2, -0.15) is 0 Å². The molecule has 0 bridgehead atoms. The van der Waals surface area contributed by atoms with Crippen molar-refractivity contribution >= 4 is 41.1 Å². The van der Waals surface area contributed by atoms with Crippen molar-refractivity contribution in [1.29, 1.82) is 0 Å². The Kier molecular flexibility index (Phi) is 5.98. The Labute approximate surface area is 170 Å². The maximum Gasteiger partial charge on any atom is 0.295 e. The van der Waals surface area contributed by atoms with Crippen LogP contribution < -0.4 is 21.6 Å². The summed E-state index contributed by atoms with van der Waals surface area (Å²) < 4.78 is 6.39. The highest BCUT2D eigenvalue weighted by Gasteiger charge is 2.51. The molecule has 2 aromatic carbocycles. The number of hydrogen-bond donors (Lipinski definition) is 2. The third-order valence-electron chi connectivity index (χ3n) is 4.65. The Morgan fingerprint density at radius 1 is 1.07 bits per heavy atom. The number of aromatic nitrogens is 1. The molecule has 0 aliphatic heterocycles. The Balaban J connectivity index is 1.95. The average Bonchev–Trinajstić information content (AvgIpc) is 3.07. The van der Waals surface area contributed by atoms with Gasteiger partial charge >= 0.3 is 0 Å². The smallest absolute Gasteiger partial charge is 0.295 e. The predicted molar refractivity (Wildman–Crippen MR) is 117 cm³/mol. The minimum Gasteiger partial charge on any atom is -0.375 e. The van der Waals surface area contributed by atoms with E-state index in [0.717, 1.165) is 10.4 Å². The minimum atomic E-state index is -2.80. The van der Waals surface area contributed by atoms with Gasteiger partial charge in [0.15, 0.2) is 5.13 Å². The van der Waals surface area contributed by atoms with Gasteiger partial charge in [0.25, 0.3) is 8.32 Å². The zero-order valence-corrected chi connectivity index (χ0v) is 18.1. The average molecular weight is 412 g/mol. The molecule has 0 radical (unpaired) electrons. The molecule has 0 aliphatic rings. The number of carbonyl (C=O) groups is 1. The molecule has 146 valence electrons. The first-order valence-electron chi connectivity index (χ1n) is 9.11. The summed E-state index contributed by atoms with van der Waals surface area (Å²) in [6, 6.07) is 20.3. The molecule has 0 atom stereocenters. The summed E-state index contributed by atoms with van der Waals surface area (Å²) in [5.41, 5.74) is 9.03. The lowest BCUT2D eigenvalue weighted by Gasteiger charge is -2.41. The minimum absolute atomic E-state index is 0.131. The van der Waals surface area contributed by atoms with Crippen molar-refractivity contribution in [3.63, 3.8) is 0 Å². The number of nitrogens with two attached hydrogens (primary N) is 1. The lowest BCUT2D eigenvalue weighted by molar-refractivity contribution is -0.127. The SMILES string of the molecule is CC(C)(C)[Si](ONC(=O)Cc1csc(N)n1)(c1ccccc1)c1ccccc1. The van der Waals surface area contributed by atoms with Crippen LogP contribution in [0.4, 0.5) is 5.13 Å². The van der Waals surface area contributed by atoms with E-state index in [1.54, 1.807) is 5.38 Å². The molecule has 0 aliphatic carbocycles. The van der Waals surface area contributed by atoms with Gasteiger partial charge in [-0.25, -0.2) is 10.5 Å². The molecule has 3 N–H and O–H groups in total. The van der Waals surface area contributed by atoms with Gasteiger partial charge < -0.3 is 10.3 Å². The van der Waals surface area contributed by atoms with Gasteiger partial charge in [-0.05, 0) is 15.4 Å². The van der Waals surface area contributed by atoms with E-state index in [2.05, 4.69) is 55.5 Å². The number of rotatable bonds is 6. The molecule has 3 rings (SSSR count). The topological polar surface area (TPSA) is 77.2 Å². The van der Waals surface area contributed by atoms with Crippen LogP contribution in [0, 0.1) is 0 Å². The van der Waals surface area contributed by atoms with Crippen molar-refractivity contribution in [2.75, 3.05) is 5.73 Å². The van der Waals surface area contributed by atoms with E-state index in [1.807, 2.05) is 36.4 Å². The van der Waals surface area contributed by atoms with Crippen molar-refractivity contribution < 1.29 is 9.32 Å². The summed E-state index contributed by atoms with van der Waals surface area (Å²) in [6.07, 6.45) is 0.131. The number of thiazole rings is 1. The zero-order valence-electron chi connectivity index (χ0n) is 16.3. The van der Waals surface area contributed by atoms with Crippen molar-refractivity contribution in [3.8, 4) is 0 Å². The van der Waals surface area contributed by atoms with Crippen molar-refractivity contribution in [2.24, 2.45) is 0 Å².